The van der Waals surface area contributed by atoms with E-state index >= 15 is 0 Å². The highest BCUT2D eigenvalue weighted by molar-refractivity contribution is 5.82. The lowest BCUT2D eigenvalue weighted by atomic mass is 9.96. The van der Waals surface area contributed by atoms with Crippen LogP contribution in [0.25, 0.3) is 17.0 Å². The molecule has 0 radical (unpaired) electrons. The van der Waals surface area contributed by atoms with Crippen LogP contribution in [-0.2, 0) is 0 Å². The lowest BCUT2D eigenvalue weighted by molar-refractivity contribution is 0.414. The summed E-state index contributed by atoms with van der Waals surface area (Å²) in [5.74, 6) is 8.22. The summed E-state index contributed by atoms with van der Waals surface area (Å²) >= 11 is 0. The predicted molar refractivity (Wildman–Crippen MR) is 134 cm³/mol. The van der Waals surface area contributed by atoms with Crippen LogP contribution >= 0.6 is 0 Å². The van der Waals surface area contributed by atoms with Crippen LogP contribution in [0, 0.1) is 11.8 Å². The van der Waals surface area contributed by atoms with Gasteiger partial charge in [-0.2, -0.15) is 0 Å². The molecule has 0 spiro atoms. The summed E-state index contributed by atoms with van der Waals surface area (Å²) in [6, 6.07) is 25.5. The Bertz CT molecular complexity index is 1310. The fourth-order valence-corrected chi connectivity index (χ4v) is 3.65. The zero-order valence-corrected chi connectivity index (χ0v) is 18.8. The average molecular weight is 435 g/mol. The van der Waals surface area contributed by atoms with Gasteiger partial charge in [0, 0.05) is 28.8 Å². The molecule has 0 amide bonds. The van der Waals surface area contributed by atoms with Crippen molar-refractivity contribution in [3.63, 3.8) is 0 Å². The molecule has 0 saturated carbocycles. The second kappa shape index (κ2) is 10.5. The van der Waals surface area contributed by atoms with Gasteiger partial charge < -0.3 is 15.2 Å². The highest BCUT2D eigenvalue weighted by Crippen LogP contribution is 2.26. The molecule has 1 unspecified atom stereocenters. The van der Waals surface area contributed by atoms with Gasteiger partial charge >= 0.3 is 0 Å². The number of nitrogens with two attached hydrogens (primary N) is 1. The highest BCUT2D eigenvalue weighted by Gasteiger charge is 2.12. The summed E-state index contributed by atoms with van der Waals surface area (Å²) in [6.07, 6.45) is 4.47. The molecule has 164 valence electrons. The predicted octanol–water partition coefficient (Wildman–Crippen LogP) is 5.78. The van der Waals surface area contributed by atoms with Crippen molar-refractivity contribution >= 4 is 17.0 Å². The topological polar surface area (TPSA) is 57.4 Å². The standard InChI is InChI=1S/C29H26N2O2/c1-32-25-14-10-21(11-15-25)8-9-23(19-22-12-16-26(33-2)17-13-22)20-28(30)27-7-3-5-24-6-4-18-31-29(24)27/h3-7,10-19,28H,20,30H2,1-2H3/b23-19-. The van der Waals surface area contributed by atoms with Crippen molar-refractivity contribution in [2.45, 2.75) is 12.5 Å². The zero-order chi connectivity index (χ0) is 23.0. The van der Waals surface area contributed by atoms with E-state index < -0.39 is 0 Å². The van der Waals surface area contributed by atoms with E-state index in [0.717, 1.165) is 44.7 Å². The van der Waals surface area contributed by atoms with Crippen molar-refractivity contribution in [2.75, 3.05) is 14.2 Å². The van der Waals surface area contributed by atoms with Crippen LogP contribution in [-0.4, -0.2) is 19.2 Å². The number of methoxy groups -OCH3 is 2. The molecule has 0 aliphatic carbocycles. The van der Waals surface area contributed by atoms with Gasteiger partial charge in [0.25, 0.3) is 0 Å². The molecule has 4 aromatic rings. The number of nitrogens with zero attached hydrogens (tertiary/aromatic N) is 1. The molecule has 0 bridgehead atoms. The molecule has 2 N–H and O–H groups in total. The van der Waals surface area contributed by atoms with Crippen molar-refractivity contribution in [2.24, 2.45) is 5.73 Å². The maximum Gasteiger partial charge on any atom is 0.118 e. The van der Waals surface area contributed by atoms with E-state index in [9.17, 15) is 0 Å². The molecular weight excluding hydrogens is 408 g/mol. The van der Waals surface area contributed by atoms with Crippen molar-refractivity contribution in [1.29, 1.82) is 0 Å². The first-order chi connectivity index (χ1) is 16.2. The van der Waals surface area contributed by atoms with Crippen LogP contribution in [0.2, 0.25) is 0 Å². The zero-order valence-electron chi connectivity index (χ0n) is 18.8. The SMILES string of the molecule is COc1ccc(C#C/C(=C/c2ccc(OC)cc2)CC(N)c2cccc3cccnc23)cc1. The van der Waals surface area contributed by atoms with Gasteiger partial charge in [-0.1, -0.05) is 48.2 Å². The molecule has 4 heteroatoms. The Labute approximate surface area is 194 Å². The number of para-hydroxylation sites is 1. The van der Waals surface area contributed by atoms with E-state index in [0.29, 0.717) is 6.42 Å². The third-order valence-electron chi connectivity index (χ3n) is 5.42. The average Bonchev–Trinajstić information content (AvgIpc) is 2.87. The van der Waals surface area contributed by atoms with Crippen LogP contribution < -0.4 is 15.2 Å². The Morgan fingerprint density at radius 2 is 1.58 bits per heavy atom. The monoisotopic (exact) mass is 434 g/mol. The van der Waals surface area contributed by atoms with Crippen molar-refractivity contribution in [1.82, 2.24) is 4.98 Å². The quantitative estimate of drug-likeness (QED) is 0.391. The lowest BCUT2D eigenvalue weighted by Gasteiger charge is -2.14. The van der Waals surface area contributed by atoms with Gasteiger partial charge in [-0.3, -0.25) is 4.98 Å². The van der Waals surface area contributed by atoms with Gasteiger partial charge in [-0.15, -0.1) is 0 Å². The number of benzene rings is 3. The summed E-state index contributed by atoms with van der Waals surface area (Å²) in [5.41, 5.74) is 11.5. The first-order valence-electron chi connectivity index (χ1n) is 10.8. The van der Waals surface area contributed by atoms with Crippen LogP contribution in [0.4, 0.5) is 0 Å². The fraction of sp³-hybridized carbons (Fsp3) is 0.138. The normalized spacial score (nSPS) is 12.0. The third kappa shape index (κ3) is 5.60. The molecule has 1 heterocycles. The minimum Gasteiger partial charge on any atom is -0.497 e. The second-order valence-electron chi connectivity index (χ2n) is 7.65. The number of aromatic nitrogens is 1. The maximum atomic E-state index is 6.68. The van der Waals surface area contributed by atoms with Crippen LogP contribution in [0.5, 0.6) is 11.5 Å². The molecule has 0 saturated heterocycles. The van der Waals surface area contributed by atoms with Gasteiger partial charge in [0.15, 0.2) is 0 Å². The van der Waals surface area contributed by atoms with Gasteiger partial charge in [-0.25, -0.2) is 0 Å². The van der Waals surface area contributed by atoms with E-state index in [1.54, 1.807) is 20.4 Å². The van der Waals surface area contributed by atoms with Crippen molar-refractivity contribution in [3.05, 3.63) is 107 Å². The highest BCUT2D eigenvalue weighted by atomic mass is 16.5. The molecule has 0 aliphatic heterocycles. The minimum atomic E-state index is -0.238. The third-order valence-corrected chi connectivity index (χ3v) is 5.42. The van der Waals surface area contributed by atoms with Gasteiger partial charge in [-0.05, 0) is 66.1 Å². The van der Waals surface area contributed by atoms with E-state index in [4.69, 9.17) is 15.2 Å². The molecule has 0 fully saturated rings. The number of pyridine rings is 1. The summed E-state index contributed by atoms with van der Waals surface area (Å²) in [5, 5.41) is 1.08. The summed E-state index contributed by atoms with van der Waals surface area (Å²) < 4.78 is 10.5. The Kier molecular flexibility index (Phi) is 7.04. The number of hydrogen-bond donors (Lipinski definition) is 1. The largest absolute Gasteiger partial charge is 0.497 e. The molecule has 4 rings (SSSR count). The molecule has 1 atom stereocenters. The molecule has 0 aliphatic rings. The van der Waals surface area contributed by atoms with Gasteiger partial charge in [0.05, 0.1) is 19.7 Å². The molecular formula is C29H26N2O2. The van der Waals surface area contributed by atoms with Crippen LogP contribution in [0.15, 0.2) is 90.6 Å². The molecule has 33 heavy (non-hydrogen) atoms. The Balaban J connectivity index is 1.67. The first kappa shape index (κ1) is 22.1. The van der Waals surface area contributed by atoms with E-state index in [2.05, 4.69) is 35.0 Å². The van der Waals surface area contributed by atoms with Crippen LogP contribution in [0.1, 0.15) is 29.2 Å². The Hall–Kier alpha value is -4.07. The summed E-state index contributed by atoms with van der Waals surface area (Å²) in [7, 11) is 3.31. The van der Waals surface area contributed by atoms with Crippen LogP contribution in [0.3, 0.4) is 0 Å². The van der Waals surface area contributed by atoms with E-state index in [1.807, 2.05) is 66.7 Å². The molecule has 4 nitrogen and oxygen atoms in total. The maximum absolute atomic E-state index is 6.68. The van der Waals surface area contributed by atoms with Crippen molar-refractivity contribution in [3.8, 4) is 23.3 Å². The second-order valence-corrected chi connectivity index (χ2v) is 7.65. The molecule has 3 aromatic carbocycles. The van der Waals surface area contributed by atoms with Gasteiger partial charge in [0.1, 0.15) is 11.5 Å². The van der Waals surface area contributed by atoms with E-state index in [1.165, 1.54) is 0 Å². The fourth-order valence-electron chi connectivity index (χ4n) is 3.65. The number of hydrogen-bond acceptors (Lipinski definition) is 4. The summed E-state index contributed by atoms with van der Waals surface area (Å²) in [6.45, 7) is 0. The number of rotatable bonds is 6. The molecule has 1 aromatic heterocycles. The van der Waals surface area contributed by atoms with Gasteiger partial charge in [0.2, 0.25) is 0 Å². The Morgan fingerprint density at radius 3 is 2.27 bits per heavy atom. The summed E-state index contributed by atoms with van der Waals surface area (Å²) in [4.78, 5) is 4.56. The smallest absolute Gasteiger partial charge is 0.118 e. The Morgan fingerprint density at radius 1 is 0.909 bits per heavy atom. The minimum absolute atomic E-state index is 0.238. The lowest BCUT2D eigenvalue weighted by Crippen LogP contribution is -2.12. The number of ether oxygens (including phenoxy) is 2. The van der Waals surface area contributed by atoms with Crippen molar-refractivity contribution < 1.29 is 9.47 Å². The number of fused-ring (bicyclic) bond motifs is 1. The van der Waals surface area contributed by atoms with E-state index in [-0.39, 0.29) is 6.04 Å². The first-order valence-corrected chi connectivity index (χ1v) is 10.8.